The van der Waals surface area contributed by atoms with Crippen LogP contribution in [0.15, 0.2) is 0 Å². The maximum absolute atomic E-state index is 13.2. The standard InChI is InChI=1S/C54H107NO5/c1-4-7-10-13-16-19-22-24-25-26-27-28-30-32-35-38-41-44-47-54(59)60-50(45-42-39-36-33-21-18-15-12-9-6-3)48-53(58)55-51(49-56)52(57)46-43-40-37-34-31-29-23-20-17-14-11-8-5-2/h50-52,56-57H,4-49H2,1-3H3,(H,55,58). The maximum Gasteiger partial charge on any atom is 0.306 e. The van der Waals surface area contributed by atoms with Gasteiger partial charge in [-0.05, 0) is 25.7 Å². The number of amides is 1. The molecule has 6 nitrogen and oxygen atoms in total. The first kappa shape index (κ1) is 58.9. The van der Waals surface area contributed by atoms with Crippen LogP contribution in [0.1, 0.15) is 310 Å². The first-order valence-corrected chi connectivity index (χ1v) is 27.3. The number of rotatable bonds is 50. The van der Waals surface area contributed by atoms with Crippen molar-refractivity contribution in [1.82, 2.24) is 5.32 Å². The van der Waals surface area contributed by atoms with E-state index in [1.54, 1.807) is 0 Å². The zero-order valence-electron chi connectivity index (χ0n) is 40.9. The summed E-state index contributed by atoms with van der Waals surface area (Å²) in [5.41, 5.74) is 0. The Morgan fingerprint density at radius 1 is 0.417 bits per heavy atom. The number of aliphatic hydroxyl groups excluding tert-OH is 2. The van der Waals surface area contributed by atoms with Gasteiger partial charge < -0.3 is 20.3 Å². The molecule has 0 radical (unpaired) electrons. The first-order valence-electron chi connectivity index (χ1n) is 27.3. The van der Waals surface area contributed by atoms with Crippen LogP contribution in [0.2, 0.25) is 0 Å². The van der Waals surface area contributed by atoms with Crippen LogP contribution in [0.3, 0.4) is 0 Å². The molecule has 60 heavy (non-hydrogen) atoms. The summed E-state index contributed by atoms with van der Waals surface area (Å²) in [6.07, 6.45) is 53.1. The smallest absolute Gasteiger partial charge is 0.306 e. The zero-order valence-corrected chi connectivity index (χ0v) is 40.9. The molecule has 0 spiro atoms. The van der Waals surface area contributed by atoms with Crippen LogP contribution in [0.25, 0.3) is 0 Å². The highest BCUT2D eigenvalue weighted by molar-refractivity contribution is 5.77. The molecule has 0 saturated carbocycles. The number of carbonyl (C=O) groups excluding carboxylic acids is 2. The number of hydrogen-bond donors (Lipinski definition) is 3. The number of hydrogen-bond acceptors (Lipinski definition) is 5. The van der Waals surface area contributed by atoms with Crippen LogP contribution in [0.5, 0.6) is 0 Å². The molecule has 0 bridgehead atoms. The molecule has 0 saturated heterocycles. The minimum Gasteiger partial charge on any atom is -0.462 e. The minimum atomic E-state index is -0.779. The lowest BCUT2D eigenvalue weighted by molar-refractivity contribution is -0.151. The molecule has 0 aromatic carbocycles. The van der Waals surface area contributed by atoms with Gasteiger partial charge in [0.15, 0.2) is 0 Å². The summed E-state index contributed by atoms with van der Waals surface area (Å²) in [7, 11) is 0. The van der Waals surface area contributed by atoms with Crippen molar-refractivity contribution in [3.8, 4) is 0 Å². The maximum atomic E-state index is 13.2. The van der Waals surface area contributed by atoms with Gasteiger partial charge in [0.25, 0.3) is 0 Å². The number of ether oxygens (including phenoxy) is 1. The van der Waals surface area contributed by atoms with Gasteiger partial charge in [0.1, 0.15) is 6.10 Å². The average molecular weight is 850 g/mol. The van der Waals surface area contributed by atoms with Crippen molar-refractivity contribution in [3.05, 3.63) is 0 Å². The summed E-state index contributed by atoms with van der Waals surface area (Å²) in [6, 6.07) is -0.691. The lowest BCUT2D eigenvalue weighted by Gasteiger charge is -2.24. The van der Waals surface area contributed by atoms with Crippen molar-refractivity contribution in [2.75, 3.05) is 6.61 Å². The Balaban J connectivity index is 4.39. The molecule has 3 unspecified atom stereocenters. The van der Waals surface area contributed by atoms with Gasteiger partial charge in [0.2, 0.25) is 5.91 Å². The second-order valence-corrected chi connectivity index (χ2v) is 19.0. The van der Waals surface area contributed by atoms with Crippen molar-refractivity contribution in [2.24, 2.45) is 0 Å². The van der Waals surface area contributed by atoms with Gasteiger partial charge in [0.05, 0.1) is 25.2 Å². The highest BCUT2D eigenvalue weighted by Crippen LogP contribution is 2.19. The lowest BCUT2D eigenvalue weighted by atomic mass is 10.0. The number of nitrogens with one attached hydrogen (secondary N) is 1. The van der Waals surface area contributed by atoms with Gasteiger partial charge >= 0.3 is 5.97 Å². The third-order valence-corrected chi connectivity index (χ3v) is 12.9. The third kappa shape index (κ3) is 43.5. The van der Waals surface area contributed by atoms with Crippen LogP contribution in [-0.4, -0.2) is 46.9 Å². The predicted molar refractivity (Wildman–Crippen MR) is 260 cm³/mol. The number of esters is 1. The summed E-state index contributed by atoms with van der Waals surface area (Å²) >= 11 is 0. The van der Waals surface area contributed by atoms with Crippen molar-refractivity contribution in [3.63, 3.8) is 0 Å². The van der Waals surface area contributed by atoms with Crippen LogP contribution < -0.4 is 5.32 Å². The first-order chi connectivity index (χ1) is 29.5. The highest BCUT2D eigenvalue weighted by atomic mass is 16.5. The van der Waals surface area contributed by atoms with Crippen molar-refractivity contribution >= 4 is 11.9 Å². The quantitative estimate of drug-likeness (QED) is 0.0419. The lowest BCUT2D eigenvalue weighted by Crippen LogP contribution is -2.46. The molecule has 6 heteroatoms. The molecule has 0 aromatic heterocycles. The van der Waals surface area contributed by atoms with Gasteiger partial charge in [-0.15, -0.1) is 0 Å². The summed E-state index contributed by atoms with van der Waals surface area (Å²) < 4.78 is 5.94. The number of carbonyl (C=O) groups is 2. The molecule has 0 aliphatic carbocycles. The fraction of sp³-hybridized carbons (Fsp3) is 0.963. The monoisotopic (exact) mass is 850 g/mol. The van der Waals surface area contributed by atoms with Crippen LogP contribution in [0, 0.1) is 0 Å². The topological polar surface area (TPSA) is 95.9 Å². The Labute approximate surface area is 375 Å². The molecular weight excluding hydrogens is 743 g/mol. The summed E-state index contributed by atoms with van der Waals surface area (Å²) in [5, 5.41) is 23.8. The van der Waals surface area contributed by atoms with E-state index in [0.29, 0.717) is 19.3 Å². The van der Waals surface area contributed by atoms with E-state index in [1.807, 2.05) is 0 Å². The van der Waals surface area contributed by atoms with E-state index < -0.39 is 18.2 Å². The molecule has 0 aliphatic heterocycles. The summed E-state index contributed by atoms with van der Waals surface area (Å²) in [4.78, 5) is 26.1. The van der Waals surface area contributed by atoms with E-state index in [1.165, 1.54) is 225 Å². The van der Waals surface area contributed by atoms with Crippen molar-refractivity contribution in [2.45, 2.75) is 328 Å². The summed E-state index contributed by atoms with van der Waals surface area (Å²) in [5.74, 6) is -0.450. The fourth-order valence-electron chi connectivity index (χ4n) is 8.79. The van der Waals surface area contributed by atoms with Crippen molar-refractivity contribution < 1.29 is 24.5 Å². The zero-order chi connectivity index (χ0) is 43.8. The normalized spacial score (nSPS) is 13.1. The Morgan fingerprint density at radius 3 is 1.02 bits per heavy atom. The third-order valence-electron chi connectivity index (χ3n) is 12.9. The van der Waals surface area contributed by atoms with Crippen LogP contribution in [0.4, 0.5) is 0 Å². The number of aliphatic hydroxyl groups is 2. The van der Waals surface area contributed by atoms with Crippen molar-refractivity contribution in [1.29, 1.82) is 0 Å². The molecule has 0 fully saturated rings. The second-order valence-electron chi connectivity index (χ2n) is 19.0. The Kier molecular flexibility index (Phi) is 48.0. The molecule has 0 aliphatic rings. The molecule has 0 heterocycles. The molecule has 3 N–H and O–H groups in total. The largest absolute Gasteiger partial charge is 0.462 e. The molecular formula is C54H107NO5. The van der Waals surface area contributed by atoms with E-state index in [4.69, 9.17) is 4.74 Å². The van der Waals surface area contributed by atoms with Gasteiger partial charge in [0, 0.05) is 6.42 Å². The average Bonchev–Trinajstić information content (AvgIpc) is 3.24. The molecule has 0 aromatic rings. The predicted octanol–water partition coefficient (Wildman–Crippen LogP) is 16.4. The van der Waals surface area contributed by atoms with E-state index in [2.05, 4.69) is 26.1 Å². The van der Waals surface area contributed by atoms with Crippen LogP contribution >= 0.6 is 0 Å². The number of unbranched alkanes of at least 4 members (excludes halogenated alkanes) is 38. The van der Waals surface area contributed by atoms with Gasteiger partial charge in [-0.25, -0.2) is 0 Å². The Morgan fingerprint density at radius 2 is 0.700 bits per heavy atom. The minimum absolute atomic E-state index is 0.0876. The van der Waals surface area contributed by atoms with Gasteiger partial charge in [-0.1, -0.05) is 271 Å². The Hall–Kier alpha value is -1.14. The molecule has 3 atom stereocenters. The molecule has 0 rings (SSSR count). The van der Waals surface area contributed by atoms with E-state index in [0.717, 1.165) is 38.5 Å². The highest BCUT2D eigenvalue weighted by Gasteiger charge is 2.24. The molecule has 358 valence electrons. The van der Waals surface area contributed by atoms with E-state index >= 15 is 0 Å². The van der Waals surface area contributed by atoms with Gasteiger partial charge in [-0.2, -0.15) is 0 Å². The summed E-state index contributed by atoms with van der Waals surface area (Å²) in [6.45, 7) is 6.51. The van der Waals surface area contributed by atoms with Crippen LogP contribution in [-0.2, 0) is 14.3 Å². The van der Waals surface area contributed by atoms with E-state index in [-0.39, 0.29) is 24.9 Å². The van der Waals surface area contributed by atoms with Gasteiger partial charge in [-0.3, -0.25) is 9.59 Å². The Bertz CT molecular complexity index is 867. The fourth-order valence-corrected chi connectivity index (χ4v) is 8.79. The molecule has 1 amide bonds. The second kappa shape index (κ2) is 48.9. The SMILES string of the molecule is CCCCCCCCCCCCCCCCCCCCC(=O)OC(CCCCCCCCCCCC)CC(=O)NC(CO)C(O)CCCCCCCCCCCCCCC. The van der Waals surface area contributed by atoms with E-state index in [9.17, 15) is 19.8 Å².